The number of nitrogens with zero attached hydrogens (tertiary/aromatic N) is 1. The average Bonchev–Trinajstić information content (AvgIpc) is 2.97. The first-order valence-electron chi connectivity index (χ1n) is 7.94. The molecule has 1 aromatic carbocycles. The SMILES string of the molecule is CC(=O)NC(C(=O)Nc1nc(-c2ccccc2)c(C(C)=O)s1)C(C)C. The van der Waals surface area contributed by atoms with Gasteiger partial charge in [0.05, 0.1) is 10.6 Å². The number of thiazole rings is 1. The van der Waals surface area contributed by atoms with Gasteiger partial charge in [0.1, 0.15) is 6.04 Å². The summed E-state index contributed by atoms with van der Waals surface area (Å²) >= 11 is 1.13. The maximum absolute atomic E-state index is 12.5. The molecule has 0 aliphatic carbocycles. The summed E-state index contributed by atoms with van der Waals surface area (Å²) in [6.07, 6.45) is 0. The number of carbonyl (C=O) groups is 3. The highest BCUT2D eigenvalue weighted by atomic mass is 32.1. The zero-order valence-electron chi connectivity index (χ0n) is 14.6. The maximum Gasteiger partial charge on any atom is 0.248 e. The van der Waals surface area contributed by atoms with Gasteiger partial charge in [0.2, 0.25) is 11.8 Å². The summed E-state index contributed by atoms with van der Waals surface area (Å²) in [5.41, 5.74) is 1.36. The predicted octanol–water partition coefficient (Wildman–Crippen LogP) is 3.11. The van der Waals surface area contributed by atoms with Crippen molar-refractivity contribution >= 4 is 34.1 Å². The third-order valence-corrected chi connectivity index (χ3v) is 4.60. The topological polar surface area (TPSA) is 88.2 Å². The number of benzene rings is 1. The van der Waals surface area contributed by atoms with E-state index in [0.29, 0.717) is 15.7 Å². The monoisotopic (exact) mass is 359 g/mol. The molecule has 1 unspecified atom stereocenters. The largest absolute Gasteiger partial charge is 0.344 e. The fourth-order valence-corrected chi connectivity index (χ4v) is 3.23. The minimum atomic E-state index is -0.664. The maximum atomic E-state index is 12.5. The molecule has 1 atom stereocenters. The third kappa shape index (κ3) is 4.73. The number of nitrogens with one attached hydrogen (secondary N) is 2. The lowest BCUT2D eigenvalue weighted by molar-refractivity contribution is -0.126. The first kappa shape index (κ1) is 18.8. The molecular weight excluding hydrogens is 338 g/mol. The van der Waals surface area contributed by atoms with E-state index in [4.69, 9.17) is 0 Å². The van der Waals surface area contributed by atoms with Crippen molar-refractivity contribution in [1.29, 1.82) is 0 Å². The molecular formula is C18H21N3O3S. The van der Waals surface area contributed by atoms with E-state index in [-0.39, 0.29) is 23.5 Å². The lowest BCUT2D eigenvalue weighted by Crippen LogP contribution is -2.46. The summed E-state index contributed by atoms with van der Waals surface area (Å²) in [5.74, 6) is -0.820. The molecule has 0 saturated heterocycles. The molecule has 2 N–H and O–H groups in total. The summed E-state index contributed by atoms with van der Waals surface area (Å²) in [7, 11) is 0. The van der Waals surface area contributed by atoms with Crippen LogP contribution < -0.4 is 10.6 Å². The van der Waals surface area contributed by atoms with Crippen LogP contribution in [0.2, 0.25) is 0 Å². The number of hydrogen-bond donors (Lipinski definition) is 2. The Morgan fingerprint density at radius 2 is 1.72 bits per heavy atom. The fourth-order valence-electron chi connectivity index (χ4n) is 2.34. The molecule has 2 amide bonds. The van der Waals surface area contributed by atoms with Crippen LogP contribution in [0.4, 0.5) is 5.13 Å². The van der Waals surface area contributed by atoms with Gasteiger partial charge in [-0.25, -0.2) is 4.98 Å². The quantitative estimate of drug-likeness (QED) is 0.776. The van der Waals surface area contributed by atoms with Gasteiger partial charge in [0.25, 0.3) is 0 Å². The van der Waals surface area contributed by atoms with Gasteiger partial charge in [-0.3, -0.25) is 14.4 Å². The minimum Gasteiger partial charge on any atom is -0.344 e. The molecule has 2 aromatic rings. The molecule has 0 fully saturated rings. The highest BCUT2D eigenvalue weighted by molar-refractivity contribution is 7.18. The summed E-state index contributed by atoms with van der Waals surface area (Å²) in [6, 6.07) is 8.67. The van der Waals surface area contributed by atoms with Gasteiger partial charge in [0, 0.05) is 19.4 Å². The number of rotatable bonds is 6. The number of ketones is 1. The lowest BCUT2D eigenvalue weighted by Gasteiger charge is -2.20. The summed E-state index contributed by atoms with van der Waals surface area (Å²) in [6.45, 7) is 6.53. The number of amides is 2. The predicted molar refractivity (Wildman–Crippen MR) is 98.6 cm³/mol. The van der Waals surface area contributed by atoms with E-state index in [1.165, 1.54) is 13.8 Å². The number of aromatic nitrogens is 1. The van der Waals surface area contributed by atoms with Crippen molar-refractivity contribution in [2.75, 3.05) is 5.32 Å². The molecule has 7 heteroatoms. The Morgan fingerprint density at radius 1 is 1.08 bits per heavy atom. The average molecular weight is 359 g/mol. The van der Waals surface area contributed by atoms with Gasteiger partial charge in [-0.2, -0.15) is 0 Å². The van der Waals surface area contributed by atoms with E-state index < -0.39 is 6.04 Å². The van der Waals surface area contributed by atoms with Crippen molar-refractivity contribution in [1.82, 2.24) is 10.3 Å². The zero-order valence-corrected chi connectivity index (χ0v) is 15.4. The third-order valence-electron chi connectivity index (χ3n) is 3.53. The summed E-state index contributed by atoms with van der Waals surface area (Å²) < 4.78 is 0. The van der Waals surface area contributed by atoms with Crippen molar-refractivity contribution < 1.29 is 14.4 Å². The van der Waals surface area contributed by atoms with Crippen LogP contribution in [-0.4, -0.2) is 28.6 Å². The Kier molecular flexibility index (Phi) is 6.03. The van der Waals surface area contributed by atoms with E-state index in [1.54, 1.807) is 0 Å². The summed E-state index contributed by atoms with van der Waals surface area (Å²) in [4.78, 5) is 40.6. The number of carbonyl (C=O) groups excluding carboxylic acids is 3. The second kappa shape index (κ2) is 8.02. The smallest absolute Gasteiger partial charge is 0.248 e. The molecule has 0 spiro atoms. The molecule has 6 nitrogen and oxygen atoms in total. The van der Waals surface area contributed by atoms with E-state index in [9.17, 15) is 14.4 Å². The van der Waals surface area contributed by atoms with Crippen LogP contribution in [0.1, 0.15) is 37.4 Å². The van der Waals surface area contributed by atoms with E-state index >= 15 is 0 Å². The van der Waals surface area contributed by atoms with Crippen LogP contribution in [0.25, 0.3) is 11.3 Å². The molecule has 25 heavy (non-hydrogen) atoms. The van der Waals surface area contributed by atoms with Gasteiger partial charge in [-0.15, -0.1) is 0 Å². The molecule has 0 saturated carbocycles. The number of Topliss-reactive ketones (excluding diaryl/α,β-unsaturated/α-hetero) is 1. The second-order valence-electron chi connectivity index (χ2n) is 6.03. The molecule has 2 rings (SSSR count). The Labute approximate surface area is 150 Å². The number of hydrogen-bond acceptors (Lipinski definition) is 5. The Bertz CT molecular complexity index is 784. The molecule has 132 valence electrons. The van der Waals surface area contributed by atoms with Crippen LogP contribution in [0.3, 0.4) is 0 Å². The van der Waals surface area contributed by atoms with E-state index in [1.807, 2.05) is 44.2 Å². The molecule has 0 aliphatic rings. The molecule has 0 aliphatic heterocycles. The van der Waals surface area contributed by atoms with Gasteiger partial charge >= 0.3 is 0 Å². The van der Waals surface area contributed by atoms with E-state index in [0.717, 1.165) is 16.9 Å². The second-order valence-corrected chi connectivity index (χ2v) is 7.03. The molecule has 0 radical (unpaired) electrons. The fraction of sp³-hybridized carbons (Fsp3) is 0.333. The normalized spacial score (nSPS) is 11.9. The highest BCUT2D eigenvalue weighted by Crippen LogP contribution is 2.31. The molecule has 1 aromatic heterocycles. The molecule has 0 bridgehead atoms. The van der Waals surface area contributed by atoms with Crippen LogP contribution in [0.15, 0.2) is 30.3 Å². The summed E-state index contributed by atoms with van der Waals surface area (Å²) in [5, 5.41) is 5.69. The van der Waals surface area contributed by atoms with Gasteiger partial charge in [0.15, 0.2) is 10.9 Å². The Morgan fingerprint density at radius 3 is 2.24 bits per heavy atom. The first-order chi connectivity index (χ1) is 11.8. The van der Waals surface area contributed by atoms with Crippen LogP contribution >= 0.6 is 11.3 Å². The Hall–Kier alpha value is -2.54. The van der Waals surface area contributed by atoms with Crippen LogP contribution in [0, 0.1) is 5.92 Å². The number of anilines is 1. The standard InChI is InChI=1S/C18H21N3O3S/c1-10(2)14(19-12(4)23)17(24)21-18-20-15(16(25-18)11(3)22)13-8-6-5-7-9-13/h5-10,14H,1-4H3,(H,19,23)(H,20,21,24). The first-order valence-corrected chi connectivity index (χ1v) is 8.76. The zero-order chi connectivity index (χ0) is 18.6. The van der Waals surface area contributed by atoms with Gasteiger partial charge in [-0.1, -0.05) is 55.5 Å². The van der Waals surface area contributed by atoms with Gasteiger partial charge < -0.3 is 10.6 Å². The van der Waals surface area contributed by atoms with Gasteiger partial charge in [-0.05, 0) is 5.92 Å². The van der Waals surface area contributed by atoms with E-state index in [2.05, 4.69) is 15.6 Å². The van der Waals surface area contributed by atoms with Crippen molar-refractivity contribution in [3.05, 3.63) is 35.2 Å². The lowest BCUT2D eigenvalue weighted by atomic mass is 10.0. The highest BCUT2D eigenvalue weighted by Gasteiger charge is 2.25. The van der Waals surface area contributed by atoms with Crippen molar-refractivity contribution in [2.24, 2.45) is 5.92 Å². The Balaban J connectivity index is 2.30. The van der Waals surface area contributed by atoms with Crippen molar-refractivity contribution in [3.63, 3.8) is 0 Å². The molecule has 1 heterocycles. The van der Waals surface area contributed by atoms with Crippen molar-refractivity contribution in [2.45, 2.75) is 33.7 Å². The minimum absolute atomic E-state index is 0.0790. The van der Waals surface area contributed by atoms with Crippen LogP contribution in [0.5, 0.6) is 0 Å². The van der Waals surface area contributed by atoms with Crippen molar-refractivity contribution in [3.8, 4) is 11.3 Å². The van der Waals surface area contributed by atoms with Crippen LogP contribution in [-0.2, 0) is 9.59 Å².